The molecule has 0 aromatic heterocycles. The van der Waals surface area contributed by atoms with Crippen molar-refractivity contribution in [1.29, 1.82) is 0 Å². The van der Waals surface area contributed by atoms with E-state index in [4.69, 9.17) is 4.74 Å². The molecule has 0 amide bonds. The van der Waals surface area contributed by atoms with E-state index in [1.165, 1.54) is 0 Å². The van der Waals surface area contributed by atoms with Crippen molar-refractivity contribution in [2.24, 2.45) is 11.8 Å². The van der Waals surface area contributed by atoms with Gasteiger partial charge in [-0.05, 0) is 37.7 Å². The van der Waals surface area contributed by atoms with Crippen LogP contribution in [0.3, 0.4) is 0 Å². The molecule has 0 aromatic rings. The second kappa shape index (κ2) is 5.09. The van der Waals surface area contributed by atoms with E-state index in [1.807, 2.05) is 13.0 Å². The summed E-state index contributed by atoms with van der Waals surface area (Å²) in [4.78, 5) is 23.4. The van der Waals surface area contributed by atoms with Crippen LogP contribution in [0.15, 0.2) is 23.8 Å². The molecule has 3 heteroatoms. The third-order valence-corrected chi connectivity index (χ3v) is 4.03. The van der Waals surface area contributed by atoms with Gasteiger partial charge in [0.25, 0.3) is 0 Å². The Morgan fingerprint density at radius 2 is 2.11 bits per heavy atom. The minimum atomic E-state index is -0.270. The summed E-state index contributed by atoms with van der Waals surface area (Å²) in [7, 11) is 0. The largest absolute Gasteiger partial charge is 0.458 e. The number of esters is 1. The average molecular weight is 248 g/mol. The molecule has 0 unspecified atom stereocenters. The summed E-state index contributed by atoms with van der Waals surface area (Å²) in [6.45, 7) is 7.79. The Balaban J connectivity index is 2.23. The summed E-state index contributed by atoms with van der Waals surface area (Å²) in [5, 5.41) is 0. The standard InChI is InChI=1S/C15H20O3/c1-9-4-7-13(16)10(2)5-6-12-11(3)15(17)18-14(12)8-9/h5,9,12,14H,3-4,6-8H2,1-2H3/b10-5+/t9-,12+,14+/m1/s1. The molecule has 0 bridgehead atoms. The maximum absolute atomic E-state index is 11.8. The molecule has 0 aromatic carbocycles. The number of ether oxygens (including phenoxy) is 1. The fraction of sp³-hybridized carbons (Fsp3) is 0.600. The summed E-state index contributed by atoms with van der Waals surface area (Å²) in [6, 6.07) is 0. The summed E-state index contributed by atoms with van der Waals surface area (Å²) in [6.07, 6.45) is 4.84. The molecule has 98 valence electrons. The van der Waals surface area contributed by atoms with Gasteiger partial charge in [-0.25, -0.2) is 4.79 Å². The minimum Gasteiger partial charge on any atom is -0.458 e. The van der Waals surface area contributed by atoms with Gasteiger partial charge < -0.3 is 4.74 Å². The molecular weight excluding hydrogens is 228 g/mol. The molecule has 1 fully saturated rings. The molecule has 0 radical (unpaired) electrons. The first-order chi connectivity index (χ1) is 8.49. The van der Waals surface area contributed by atoms with Gasteiger partial charge in [-0.15, -0.1) is 0 Å². The first kappa shape index (κ1) is 13.1. The Kier molecular flexibility index (Phi) is 3.69. The number of fused-ring (bicyclic) bond motifs is 1. The van der Waals surface area contributed by atoms with Crippen molar-refractivity contribution in [2.45, 2.75) is 45.6 Å². The van der Waals surface area contributed by atoms with Gasteiger partial charge in [-0.3, -0.25) is 4.79 Å². The number of carbonyl (C=O) groups is 2. The van der Waals surface area contributed by atoms with Crippen LogP contribution in [0.5, 0.6) is 0 Å². The highest BCUT2D eigenvalue weighted by Gasteiger charge is 2.38. The van der Waals surface area contributed by atoms with E-state index in [2.05, 4.69) is 13.5 Å². The molecule has 0 saturated carbocycles. The van der Waals surface area contributed by atoms with Crippen LogP contribution in [0.4, 0.5) is 0 Å². The zero-order valence-electron chi connectivity index (χ0n) is 11.1. The van der Waals surface area contributed by atoms with Crippen molar-refractivity contribution < 1.29 is 14.3 Å². The van der Waals surface area contributed by atoms with E-state index in [0.29, 0.717) is 24.3 Å². The number of Topliss-reactive ketones (excluding diaryl/α,β-unsaturated/α-hetero) is 1. The van der Waals surface area contributed by atoms with Crippen molar-refractivity contribution in [2.75, 3.05) is 0 Å². The van der Waals surface area contributed by atoms with E-state index in [-0.39, 0.29) is 23.8 Å². The van der Waals surface area contributed by atoms with Crippen LogP contribution in [0.1, 0.15) is 39.5 Å². The zero-order chi connectivity index (χ0) is 13.3. The number of carbonyl (C=O) groups excluding carboxylic acids is 2. The Hall–Kier alpha value is -1.38. The third kappa shape index (κ3) is 2.55. The Morgan fingerprint density at radius 1 is 1.39 bits per heavy atom. The molecule has 2 rings (SSSR count). The fourth-order valence-electron chi connectivity index (χ4n) is 2.68. The number of hydrogen-bond acceptors (Lipinski definition) is 3. The molecular formula is C15H20O3. The highest BCUT2D eigenvalue weighted by Crippen LogP contribution is 2.35. The van der Waals surface area contributed by atoms with Gasteiger partial charge in [0.2, 0.25) is 0 Å². The van der Waals surface area contributed by atoms with Crippen LogP contribution in [-0.4, -0.2) is 17.9 Å². The van der Waals surface area contributed by atoms with E-state index in [1.54, 1.807) is 0 Å². The van der Waals surface area contributed by atoms with Crippen LogP contribution >= 0.6 is 0 Å². The van der Waals surface area contributed by atoms with Crippen molar-refractivity contribution in [3.63, 3.8) is 0 Å². The first-order valence-electron chi connectivity index (χ1n) is 6.58. The van der Waals surface area contributed by atoms with Gasteiger partial charge in [0.1, 0.15) is 6.10 Å². The first-order valence-corrected chi connectivity index (χ1v) is 6.58. The Labute approximate surface area is 108 Å². The van der Waals surface area contributed by atoms with Gasteiger partial charge in [0.05, 0.1) is 0 Å². The van der Waals surface area contributed by atoms with Crippen LogP contribution < -0.4 is 0 Å². The molecule has 1 aliphatic heterocycles. The molecule has 3 nitrogen and oxygen atoms in total. The fourth-order valence-corrected chi connectivity index (χ4v) is 2.68. The minimum absolute atomic E-state index is 0.0424. The van der Waals surface area contributed by atoms with Crippen LogP contribution in [-0.2, 0) is 14.3 Å². The predicted octanol–water partition coefficient (Wildman–Crippen LogP) is 2.81. The lowest BCUT2D eigenvalue weighted by Gasteiger charge is -2.21. The highest BCUT2D eigenvalue weighted by atomic mass is 16.6. The Morgan fingerprint density at radius 3 is 2.83 bits per heavy atom. The summed E-state index contributed by atoms with van der Waals surface area (Å²) in [5.41, 5.74) is 1.36. The lowest BCUT2D eigenvalue weighted by molar-refractivity contribution is -0.139. The van der Waals surface area contributed by atoms with E-state index in [0.717, 1.165) is 18.4 Å². The number of rotatable bonds is 0. The van der Waals surface area contributed by atoms with Gasteiger partial charge >= 0.3 is 5.97 Å². The highest BCUT2D eigenvalue weighted by molar-refractivity contribution is 5.95. The average Bonchev–Trinajstić information content (AvgIpc) is 2.58. The molecule has 18 heavy (non-hydrogen) atoms. The lowest BCUT2D eigenvalue weighted by atomic mass is 9.84. The monoisotopic (exact) mass is 248 g/mol. The Bertz CT molecular complexity index is 419. The van der Waals surface area contributed by atoms with E-state index >= 15 is 0 Å². The number of hydrogen-bond donors (Lipinski definition) is 0. The summed E-state index contributed by atoms with van der Waals surface area (Å²) in [5.74, 6) is 0.386. The topological polar surface area (TPSA) is 43.4 Å². The number of allylic oxidation sites excluding steroid dienone is 2. The second-order valence-electron chi connectivity index (χ2n) is 5.50. The number of ketones is 1. The van der Waals surface area contributed by atoms with Crippen molar-refractivity contribution in [1.82, 2.24) is 0 Å². The molecule has 0 spiro atoms. The zero-order valence-corrected chi connectivity index (χ0v) is 11.1. The SMILES string of the molecule is C=C1C(=O)O[C@H]2C[C@H](C)CCC(=O)/C(C)=C/C[C@@H]12. The van der Waals surface area contributed by atoms with Crippen molar-refractivity contribution in [3.8, 4) is 0 Å². The van der Waals surface area contributed by atoms with E-state index < -0.39 is 0 Å². The van der Waals surface area contributed by atoms with Gasteiger partial charge in [-0.1, -0.05) is 19.6 Å². The van der Waals surface area contributed by atoms with E-state index in [9.17, 15) is 9.59 Å². The summed E-state index contributed by atoms with van der Waals surface area (Å²) >= 11 is 0. The third-order valence-electron chi connectivity index (χ3n) is 4.03. The predicted molar refractivity (Wildman–Crippen MR) is 68.9 cm³/mol. The maximum Gasteiger partial charge on any atom is 0.334 e. The van der Waals surface area contributed by atoms with Crippen molar-refractivity contribution >= 4 is 11.8 Å². The van der Waals surface area contributed by atoms with Crippen LogP contribution in [0.2, 0.25) is 0 Å². The smallest absolute Gasteiger partial charge is 0.334 e. The second-order valence-corrected chi connectivity index (χ2v) is 5.50. The maximum atomic E-state index is 11.8. The molecule has 3 atom stereocenters. The van der Waals surface area contributed by atoms with Gasteiger partial charge in [0.15, 0.2) is 5.78 Å². The van der Waals surface area contributed by atoms with Crippen LogP contribution in [0.25, 0.3) is 0 Å². The molecule has 1 heterocycles. The normalized spacial score (nSPS) is 36.7. The molecule has 0 N–H and O–H groups in total. The molecule has 2 aliphatic rings. The lowest BCUT2D eigenvalue weighted by Crippen LogP contribution is -2.21. The van der Waals surface area contributed by atoms with Crippen LogP contribution in [0, 0.1) is 11.8 Å². The van der Waals surface area contributed by atoms with Crippen molar-refractivity contribution in [3.05, 3.63) is 23.8 Å². The summed E-state index contributed by atoms with van der Waals surface area (Å²) < 4.78 is 5.39. The van der Waals surface area contributed by atoms with Gasteiger partial charge in [-0.2, -0.15) is 0 Å². The molecule has 1 aliphatic carbocycles. The molecule has 1 saturated heterocycles. The quantitative estimate of drug-likeness (QED) is 0.489. The van der Waals surface area contributed by atoms with Gasteiger partial charge in [0, 0.05) is 17.9 Å².